The summed E-state index contributed by atoms with van der Waals surface area (Å²) in [6.07, 6.45) is 16.1. The van der Waals surface area contributed by atoms with Gasteiger partial charge < -0.3 is 0 Å². The molecule has 0 heteroatoms. The Morgan fingerprint density at radius 2 is 1.43 bits per heavy atom. The van der Waals surface area contributed by atoms with Crippen LogP contribution < -0.4 is 0 Å². The van der Waals surface area contributed by atoms with E-state index in [2.05, 4.69) is 13.3 Å². The van der Waals surface area contributed by atoms with Gasteiger partial charge in [-0.1, -0.05) is 58.3 Å². The maximum atomic E-state index is 2.74. The molecule has 0 aromatic carbocycles. The Morgan fingerprint density at radius 3 is 2.14 bits per heavy atom. The van der Waals surface area contributed by atoms with Crippen LogP contribution in [0.2, 0.25) is 0 Å². The molecule has 0 saturated heterocycles. The van der Waals surface area contributed by atoms with Gasteiger partial charge >= 0.3 is 0 Å². The van der Waals surface area contributed by atoms with Crippen LogP contribution in [0.25, 0.3) is 0 Å². The fourth-order valence-electron chi connectivity index (χ4n) is 3.31. The second-order valence-electron chi connectivity index (χ2n) is 5.52. The first-order valence-corrected chi connectivity index (χ1v) is 6.71. The molecule has 0 nitrogen and oxygen atoms in total. The van der Waals surface area contributed by atoms with Crippen LogP contribution in [0, 0.1) is 24.2 Å². The zero-order valence-corrected chi connectivity index (χ0v) is 9.67. The zero-order chi connectivity index (χ0) is 9.80. The number of rotatable bonds is 2. The molecular formula is C14H25. The summed E-state index contributed by atoms with van der Waals surface area (Å²) in [5, 5.41) is 0. The van der Waals surface area contributed by atoms with Crippen LogP contribution in [0.1, 0.15) is 64.7 Å². The average molecular weight is 193 g/mol. The smallest absolute Gasteiger partial charge is 0.0321 e. The molecule has 2 rings (SSSR count). The molecule has 1 radical (unpaired) electrons. The van der Waals surface area contributed by atoms with E-state index in [9.17, 15) is 0 Å². The summed E-state index contributed by atoms with van der Waals surface area (Å²) in [5.74, 6) is 2.92. The van der Waals surface area contributed by atoms with Gasteiger partial charge in [0.15, 0.2) is 0 Å². The summed E-state index contributed by atoms with van der Waals surface area (Å²) in [4.78, 5) is 0. The van der Waals surface area contributed by atoms with Gasteiger partial charge in [-0.15, -0.1) is 0 Å². The van der Waals surface area contributed by atoms with Crippen molar-refractivity contribution in [2.75, 3.05) is 0 Å². The molecule has 0 amide bonds. The molecule has 0 bridgehead atoms. The molecule has 81 valence electrons. The highest BCUT2D eigenvalue weighted by Gasteiger charge is 2.25. The van der Waals surface area contributed by atoms with Crippen LogP contribution in [-0.4, -0.2) is 0 Å². The van der Waals surface area contributed by atoms with Crippen LogP contribution >= 0.6 is 0 Å². The summed E-state index contributed by atoms with van der Waals surface area (Å²) in [6.45, 7) is 2.46. The minimum absolute atomic E-state index is 0.965. The summed E-state index contributed by atoms with van der Waals surface area (Å²) in [6, 6.07) is 0. The van der Waals surface area contributed by atoms with E-state index in [0.29, 0.717) is 0 Å². The van der Waals surface area contributed by atoms with Crippen LogP contribution in [0.5, 0.6) is 0 Å². The van der Waals surface area contributed by atoms with Crippen molar-refractivity contribution in [1.82, 2.24) is 0 Å². The molecule has 0 aliphatic heterocycles. The van der Waals surface area contributed by atoms with Gasteiger partial charge in [-0.25, -0.2) is 0 Å². The van der Waals surface area contributed by atoms with Crippen LogP contribution in [-0.2, 0) is 0 Å². The Hall–Kier alpha value is 0. The van der Waals surface area contributed by atoms with Crippen LogP contribution in [0.15, 0.2) is 0 Å². The van der Waals surface area contributed by atoms with Crippen molar-refractivity contribution in [2.24, 2.45) is 17.8 Å². The maximum absolute atomic E-state index is 2.74. The van der Waals surface area contributed by atoms with E-state index in [1.807, 2.05) is 0 Å². The second kappa shape index (κ2) is 5.19. The Bertz CT molecular complexity index is 155. The van der Waals surface area contributed by atoms with E-state index in [1.165, 1.54) is 57.8 Å². The molecule has 0 N–H and O–H groups in total. The van der Waals surface area contributed by atoms with Crippen LogP contribution in [0.3, 0.4) is 0 Å². The highest BCUT2D eigenvalue weighted by molar-refractivity contribution is 4.89. The molecule has 0 aromatic rings. The van der Waals surface area contributed by atoms with E-state index >= 15 is 0 Å². The molecule has 0 aromatic heterocycles. The van der Waals surface area contributed by atoms with Gasteiger partial charge in [-0.3, -0.25) is 0 Å². The Labute approximate surface area is 89.5 Å². The van der Waals surface area contributed by atoms with E-state index in [4.69, 9.17) is 0 Å². The third kappa shape index (κ3) is 2.74. The lowest BCUT2D eigenvalue weighted by Crippen LogP contribution is -2.21. The first kappa shape index (κ1) is 10.5. The van der Waals surface area contributed by atoms with Gasteiger partial charge in [0.2, 0.25) is 0 Å². The number of hydrogen-bond donors (Lipinski definition) is 0. The lowest BCUT2D eigenvalue weighted by atomic mass is 9.73. The minimum Gasteiger partial charge on any atom is -0.0622 e. The molecule has 2 fully saturated rings. The molecule has 2 aliphatic rings. The first-order chi connectivity index (χ1) is 6.86. The van der Waals surface area contributed by atoms with E-state index < -0.39 is 0 Å². The molecule has 0 spiro atoms. The predicted molar refractivity (Wildman–Crippen MR) is 62.0 cm³/mol. The standard InChI is InChI=1S/C14H25/c1-12-7-5-6-10-14(12)11-13-8-3-2-4-9-13/h11-14H,2-10H2,1H3. The third-order valence-corrected chi connectivity index (χ3v) is 4.35. The summed E-state index contributed by atoms with van der Waals surface area (Å²) < 4.78 is 0. The summed E-state index contributed by atoms with van der Waals surface area (Å²) >= 11 is 0. The Morgan fingerprint density at radius 1 is 0.786 bits per heavy atom. The van der Waals surface area contributed by atoms with Crippen molar-refractivity contribution in [1.29, 1.82) is 0 Å². The largest absolute Gasteiger partial charge is 0.0622 e. The zero-order valence-electron chi connectivity index (χ0n) is 9.67. The lowest BCUT2D eigenvalue weighted by Gasteiger charge is -2.33. The fourth-order valence-corrected chi connectivity index (χ4v) is 3.31. The van der Waals surface area contributed by atoms with Crippen molar-refractivity contribution in [3.05, 3.63) is 6.42 Å². The van der Waals surface area contributed by atoms with Crippen molar-refractivity contribution in [3.63, 3.8) is 0 Å². The molecule has 14 heavy (non-hydrogen) atoms. The van der Waals surface area contributed by atoms with Crippen LogP contribution in [0.4, 0.5) is 0 Å². The molecular weight excluding hydrogens is 168 g/mol. The van der Waals surface area contributed by atoms with Crippen molar-refractivity contribution < 1.29 is 0 Å². The second-order valence-corrected chi connectivity index (χ2v) is 5.52. The van der Waals surface area contributed by atoms with Crippen molar-refractivity contribution in [2.45, 2.75) is 64.7 Å². The normalized spacial score (nSPS) is 35.8. The molecule has 2 saturated carbocycles. The average Bonchev–Trinajstić information content (AvgIpc) is 2.23. The quantitative estimate of drug-likeness (QED) is 0.601. The molecule has 2 atom stereocenters. The molecule has 0 heterocycles. The SMILES string of the molecule is CC1CCCCC1[CH]C1CCCCC1. The highest BCUT2D eigenvalue weighted by Crippen LogP contribution is 2.37. The van der Waals surface area contributed by atoms with Gasteiger partial charge in [0.05, 0.1) is 0 Å². The Kier molecular flexibility index (Phi) is 3.89. The van der Waals surface area contributed by atoms with Gasteiger partial charge in [-0.2, -0.15) is 0 Å². The topological polar surface area (TPSA) is 0 Å². The van der Waals surface area contributed by atoms with Crippen molar-refractivity contribution >= 4 is 0 Å². The molecule has 2 aliphatic carbocycles. The monoisotopic (exact) mass is 193 g/mol. The highest BCUT2D eigenvalue weighted by atomic mass is 14.3. The molecule has 2 unspecified atom stereocenters. The summed E-state index contributed by atoms with van der Waals surface area (Å²) in [5.41, 5.74) is 0. The van der Waals surface area contributed by atoms with Gasteiger partial charge in [0, 0.05) is 0 Å². The lowest BCUT2D eigenvalue weighted by molar-refractivity contribution is 0.252. The predicted octanol–water partition coefficient (Wildman–Crippen LogP) is 4.60. The fraction of sp³-hybridized carbons (Fsp3) is 0.929. The van der Waals surface area contributed by atoms with E-state index in [0.717, 1.165) is 17.8 Å². The first-order valence-electron chi connectivity index (χ1n) is 6.71. The van der Waals surface area contributed by atoms with E-state index in [1.54, 1.807) is 0 Å². The maximum Gasteiger partial charge on any atom is -0.0321 e. The minimum atomic E-state index is 0.965. The number of hydrogen-bond acceptors (Lipinski definition) is 0. The van der Waals surface area contributed by atoms with Gasteiger partial charge in [0.1, 0.15) is 0 Å². The van der Waals surface area contributed by atoms with Crippen molar-refractivity contribution in [3.8, 4) is 0 Å². The van der Waals surface area contributed by atoms with Gasteiger partial charge in [-0.05, 0) is 30.6 Å². The summed E-state index contributed by atoms with van der Waals surface area (Å²) in [7, 11) is 0. The van der Waals surface area contributed by atoms with Gasteiger partial charge in [0.25, 0.3) is 0 Å². The van der Waals surface area contributed by atoms with E-state index in [-0.39, 0.29) is 0 Å². The third-order valence-electron chi connectivity index (χ3n) is 4.35. The Balaban J connectivity index is 1.76.